The summed E-state index contributed by atoms with van der Waals surface area (Å²) in [6.07, 6.45) is 0.757. The maximum Gasteiger partial charge on any atom is 0.231 e. The first-order chi connectivity index (χ1) is 13.7. The molecule has 0 bridgehead atoms. The van der Waals surface area contributed by atoms with Gasteiger partial charge >= 0.3 is 0 Å². The normalized spacial score (nSPS) is 18.5. The van der Waals surface area contributed by atoms with Crippen molar-refractivity contribution in [1.82, 2.24) is 9.55 Å². The molecule has 0 saturated carbocycles. The van der Waals surface area contributed by atoms with Gasteiger partial charge in [0.1, 0.15) is 11.9 Å². The van der Waals surface area contributed by atoms with Crippen LogP contribution in [0.3, 0.4) is 0 Å². The van der Waals surface area contributed by atoms with E-state index in [0.717, 1.165) is 34.5 Å². The zero-order chi connectivity index (χ0) is 19.3. The molecule has 0 amide bonds. The fraction of sp³-hybridized carbons (Fsp3) is 0.238. The Morgan fingerprint density at radius 2 is 2.11 bits per heavy atom. The third-order valence-electron chi connectivity index (χ3n) is 5.36. The minimum absolute atomic E-state index is 0.113. The van der Waals surface area contributed by atoms with Crippen molar-refractivity contribution in [2.75, 3.05) is 12.1 Å². The van der Waals surface area contributed by atoms with Crippen molar-refractivity contribution in [3.05, 3.63) is 53.6 Å². The van der Waals surface area contributed by atoms with Gasteiger partial charge in [0, 0.05) is 0 Å². The third kappa shape index (κ3) is 2.46. The zero-order valence-corrected chi connectivity index (χ0v) is 15.3. The van der Waals surface area contributed by atoms with Crippen molar-refractivity contribution >= 4 is 22.8 Å². The molecule has 3 N–H and O–H groups in total. The van der Waals surface area contributed by atoms with Gasteiger partial charge in [-0.05, 0) is 42.2 Å². The predicted octanol–water partition coefficient (Wildman–Crippen LogP) is 3.09. The fourth-order valence-electron chi connectivity index (χ4n) is 3.97. The SMILES string of the molecule is C[C@@H](Cc1ccc2c(c1)OCO2)[C@H]1Nc2nc3ccccc3n2C(N)=C1C#N. The van der Waals surface area contributed by atoms with Gasteiger partial charge in [0.15, 0.2) is 11.5 Å². The van der Waals surface area contributed by atoms with E-state index >= 15 is 0 Å². The average Bonchev–Trinajstić information content (AvgIpc) is 3.31. The number of nitrogens with one attached hydrogen (secondary N) is 1. The van der Waals surface area contributed by atoms with E-state index < -0.39 is 0 Å². The first kappa shape index (κ1) is 16.5. The molecule has 0 unspecified atom stereocenters. The van der Waals surface area contributed by atoms with E-state index in [2.05, 4.69) is 23.3 Å². The van der Waals surface area contributed by atoms with Crippen molar-refractivity contribution in [3.63, 3.8) is 0 Å². The van der Waals surface area contributed by atoms with E-state index in [0.29, 0.717) is 17.3 Å². The van der Waals surface area contributed by atoms with E-state index in [1.807, 2.05) is 47.0 Å². The quantitative estimate of drug-likeness (QED) is 0.732. The van der Waals surface area contributed by atoms with Gasteiger partial charge in [0.25, 0.3) is 0 Å². The van der Waals surface area contributed by atoms with Crippen molar-refractivity contribution in [3.8, 4) is 17.6 Å². The standard InChI is InChI=1S/C21H19N5O2/c1-12(8-13-6-7-17-18(9-13)28-11-27-17)19-14(10-22)20(23)26-16-5-3-2-4-15(16)24-21(26)25-19/h2-7,9,12,19H,8,11,23H2,1H3,(H,24,25)/t12-,19+/m0/s1. The van der Waals surface area contributed by atoms with Gasteiger partial charge in [-0.2, -0.15) is 5.26 Å². The average molecular weight is 373 g/mol. The molecule has 7 nitrogen and oxygen atoms in total. The molecule has 2 atom stereocenters. The van der Waals surface area contributed by atoms with E-state index in [1.165, 1.54) is 0 Å². The molecule has 0 fully saturated rings. The van der Waals surface area contributed by atoms with E-state index in [9.17, 15) is 5.26 Å². The van der Waals surface area contributed by atoms with Crippen molar-refractivity contribution < 1.29 is 9.47 Å². The number of fused-ring (bicyclic) bond motifs is 4. The number of benzene rings is 2. The van der Waals surface area contributed by atoms with Gasteiger partial charge in [0.2, 0.25) is 12.7 Å². The summed E-state index contributed by atoms with van der Waals surface area (Å²) in [5, 5.41) is 13.2. The van der Waals surface area contributed by atoms with Gasteiger partial charge < -0.3 is 20.5 Å². The van der Waals surface area contributed by atoms with Crippen LogP contribution >= 0.6 is 0 Å². The minimum atomic E-state index is -0.222. The molecule has 0 spiro atoms. The fourth-order valence-corrected chi connectivity index (χ4v) is 3.97. The summed E-state index contributed by atoms with van der Waals surface area (Å²) in [4.78, 5) is 4.65. The summed E-state index contributed by atoms with van der Waals surface area (Å²) in [5.41, 5.74) is 9.79. The van der Waals surface area contributed by atoms with Crippen molar-refractivity contribution in [1.29, 1.82) is 5.26 Å². The Balaban J connectivity index is 1.48. The van der Waals surface area contributed by atoms with Crippen LogP contribution in [0.5, 0.6) is 11.5 Å². The Hall–Kier alpha value is -3.66. The lowest BCUT2D eigenvalue weighted by molar-refractivity contribution is 0.174. The Morgan fingerprint density at radius 1 is 1.29 bits per heavy atom. The van der Waals surface area contributed by atoms with Crippen molar-refractivity contribution in [2.24, 2.45) is 11.7 Å². The molecular weight excluding hydrogens is 354 g/mol. The molecule has 2 aliphatic rings. The van der Waals surface area contributed by atoms with Gasteiger partial charge in [-0.15, -0.1) is 0 Å². The summed E-state index contributed by atoms with van der Waals surface area (Å²) in [7, 11) is 0. The molecule has 5 rings (SSSR count). The smallest absolute Gasteiger partial charge is 0.231 e. The molecule has 7 heteroatoms. The highest BCUT2D eigenvalue weighted by atomic mass is 16.7. The molecule has 2 aliphatic heterocycles. The van der Waals surface area contributed by atoms with Crippen LogP contribution in [-0.4, -0.2) is 22.4 Å². The molecule has 140 valence electrons. The number of nitriles is 1. The number of nitrogens with two attached hydrogens (primary N) is 1. The highest BCUT2D eigenvalue weighted by Gasteiger charge is 2.32. The first-order valence-electron chi connectivity index (χ1n) is 9.18. The first-order valence-corrected chi connectivity index (χ1v) is 9.18. The number of aromatic nitrogens is 2. The third-order valence-corrected chi connectivity index (χ3v) is 5.36. The molecule has 3 aromatic rings. The maximum absolute atomic E-state index is 9.81. The molecular formula is C21H19N5O2. The molecule has 0 saturated heterocycles. The summed E-state index contributed by atoms with van der Waals surface area (Å²) in [6.45, 7) is 2.36. The summed E-state index contributed by atoms with van der Waals surface area (Å²) >= 11 is 0. The largest absolute Gasteiger partial charge is 0.454 e. The highest BCUT2D eigenvalue weighted by Crippen LogP contribution is 2.35. The van der Waals surface area contributed by atoms with Gasteiger partial charge in [-0.25, -0.2) is 4.98 Å². The van der Waals surface area contributed by atoms with Crippen LogP contribution in [-0.2, 0) is 6.42 Å². The second-order valence-electron chi connectivity index (χ2n) is 7.16. The van der Waals surface area contributed by atoms with E-state index in [1.54, 1.807) is 0 Å². The number of anilines is 1. The van der Waals surface area contributed by atoms with Crippen LogP contribution in [0.4, 0.5) is 5.95 Å². The van der Waals surface area contributed by atoms with Gasteiger partial charge in [-0.1, -0.05) is 25.1 Å². The maximum atomic E-state index is 9.81. The number of hydrogen-bond acceptors (Lipinski definition) is 6. The highest BCUT2D eigenvalue weighted by molar-refractivity contribution is 5.85. The van der Waals surface area contributed by atoms with Gasteiger partial charge in [0.05, 0.1) is 22.6 Å². The second-order valence-corrected chi connectivity index (χ2v) is 7.16. The molecule has 3 heterocycles. The van der Waals surface area contributed by atoms with Crippen LogP contribution in [0.2, 0.25) is 0 Å². The molecule has 1 aromatic heterocycles. The number of nitrogens with zero attached hydrogens (tertiary/aromatic N) is 3. The summed E-state index contributed by atoms with van der Waals surface area (Å²) < 4.78 is 12.7. The minimum Gasteiger partial charge on any atom is -0.454 e. The molecule has 0 aliphatic carbocycles. The monoisotopic (exact) mass is 373 g/mol. The Labute approximate surface area is 162 Å². The Morgan fingerprint density at radius 3 is 2.96 bits per heavy atom. The number of rotatable bonds is 3. The lowest BCUT2D eigenvalue weighted by Crippen LogP contribution is -2.37. The van der Waals surface area contributed by atoms with Crippen LogP contribution in [0.25, 0.3) is 16.9 Å². The molecule has 28 heavy (non-hydrogen) atoms. The van der Waals surface area contributed by atoms with Crippen LogP contribution in [0.1, 0.15) is 12.5 Å². The second kappa shape index (κ2) is 6.20. The Kier molecular flexibility index (Phi) is 3.66. The number of imidazole rings is 1. The topological polar surface area (TPSA) is 98.1 Å². The van der Waals surface area contributed by atoms with Crippen LogP contribution in [0, 0.1) is 17.2 Å². The predicted molar refractivity (Wildman–Crippen MR) is 106 cm³/mol. The van der Waals surface area contributed by atoms with E-state index in [4.69, 9.17) is 15.2 Å². The van der Waals surface area contributed by atoms with Crippen LogP contribution in [0.15, 0.2) is 48.0 Å². The Bertz CT molecular complexity index is 1160. The van der Waals surface area contributed by atoms with E-state index in [-0.39, 0.29) is 18.8 Å². The van der Waals surface area contributed by atoms with Crippen LogP contribution < -0.4 is 20.5 Å². The van der Waals surface area contributed by atoms with Gasteiger partial charge in [-0.3, -0.25) is 4.57 Å². The summed E-state index contributed by atoms with van der Waals surface area (Å²) in [5.74, 6) is 2.75. The lowest BCUT2D eigenvalue weighted by atomic mass is 9.88. The summed E-state index contributed by atoms with van der Waals surface area (Å²) in [6, 6.07) is 15.8. The molecule has 0 radical (unpaired) electrons. The number of hydrogen-bond donors (Lipinski definition) is 2. The number of ether oxygens (including phenoxy) is 2. The van der Waals surface area contributed by atoms with Crippen molar-refractivity contribution in [2.45, 2.75) is 19.4 Å². The number of para-hydroxylation sites is 2. The molecule has 2 aromatic carbocycles. The lowest BCUT2D eigenvalue weighted by Gasteiger charge is -2.30. The zero-order valence-electron chi connectivity index (χ0n) is 15.3.